The average molecular weight is 422 g/mol. The van der Waals surface area contributed by atoms with Crippen molar-refractivity contribution in [2.45, 2.75) is 13.0 Å². The maximum atomic E-state index is 12.8. The summed E-state index contributed by atoms with van der Waals surface area (Å²) >= 11 is 1.39. The number of rotatable bonds is 7. The first-order chi connectivity index (χ1) is 14.4. The highest BCUT2D eigenvalue weighted by Gasteiger charge is 2.22. The predicted octanol–water partition coefficient (Wildman–Crippen LogP) is 4.77. The van der Waals surface area contributed by atoms with Gasteiger partial charge < -0.3 is 10.1 Å². The highest BCUT2D eigenvalue weighted by molar-refractivity contribution is 7.11. The second-order valence-electron chi connectivity index (χ2n) is 6.29. The van der Waals surface area contributed by atoms with Gasteiger partial charge >= 0.3 is 5.97 Å². The lowest BCUT2D eigenvalue weighted by atomic mass is 10.1. The van der Waals surface area contributed by atoms with Crippen molar-refractivity contribution in [3.8, 4) is 0 Å². The molecular formula is C22H18N2O5S. The monoisotopic (exact) mass is 422 g/mol. The molecule has 8 heteroatoms. The zero-order valence-corrected chi connectivity index (χ0v) is 16.8. The SMILES string of the molecule is CC(OC(=O)C(=Cc1ccccc1)c1cccs1)C(=O)Nc1cccc([N+](=O)[O-])c1. The van der Waals surface area contributed by atoms with Gasteiger partial charge in [0.1, 0.15) is 0 Å². The molecule has 3 rings (SSSR count). The number of nitro benzene ring substituents is 1. The van der Waals surface area contributed by atoms with E-state index >= 15 is 0 Å². The zero-order valence-electron chi connectivity index (χ0n) is 16.0. The van der Waals surface area contributed by atoms with Gasteiger partial charge in [-0.05, 0) is 36.1 Å². The van der Waals surface area contributed by atoms with Crippen LogP contribution in [0.15, 0.2) is 72.1 Å². The van der Waals surface area contributed by atoms with Crippen molar-refractivity contribution in [2.24, 2.45) is 0 Å². The third kappa shape index (κ3) is 5.39. The lowest BCUT2D eigenvalue weighted by molar-refractivity contribution is -0.384. The van der Waals surface area contributed by atoms with Crippen LogP contribution in [0.4, 0.5) is 11.4 Å². The number of nitro groups is 1. The lowest BCUT2D eigenvalue weighted by Crippen LogP contribution is -2.30. The van der Waals surface area contributed by atoms with Crippen molar-refractivity contribution in [1.29, 1.82) is 0 Å². The van der Waals surface area contributed by atoms with E-state index in [0.29, 0.717) is 5.57 Å². The van der Waals surface area contributed by atoms with Gasteiger partial charge in [0.15, 0.2) is 6.10 Å². The van der Waals surface area contributed by atoms with Crippen LogP contribution in [0, 0.1) is 10.1 Å². The molecule has 1 atom stereocenters. The van der Waals surface area contributed by atoms with Crippen molar-refractivity contribution in [2.75, 3.05) is 5.32 Å². The molecule has 2 aromatic carbocycles. The summed E-state index contributed by atoms with van der Waals surface area (Å²) in [4.78, 5) is 36.3. The molecule has 0 bridgehead atoms. The first kappa shape index (κ1) is 20.9. The van der Waals surface area contributed by atoms with E-state index < -0.39 is 22.9 Å². The lowest BCUT2D eigenvalue weighted by Gasteiger charge is -2.14. The number of nitrogens with zero attached hydrogens (tertiary/aromatic N) is 1. The van der Waals surface area contributed by atoms with E-state index in [1.807, 2.05) is 41.8 Å². The van der Waals surface area contributed by atoms with Crippen LogP contribution in [-0.4, -0.2) is 22.9 Å². The summed E-state index contributed by atoms with van der Waals surface area (Å²) in [6, 6.07) is 18.5. The van der Waals surface area contributed by atoms with E-state index in [1.165, 1.54) is 42.5 Å². The molecule has 30 heavy (non-hydrogen) atoms. The van der Waals surface area contributed by atoms with Crippen LogP contribution in [0.2, 0.25) is 0 Å². The van der Waals surface area contributed by atoms with Gasteiger partial charge in [0.25, 0.3) is 11.6 Å². The number of carbonyl (C=O) groups is 2. The van der Waals surface area contributed by atoms with Gasteiger partial charge in [-0.3, -0.25) is 14.9 Å². The van der Waals surface area contributed by atoms with E-state index in [1.54, 1.807) is 12.1 Å². The van der Waals surface area contributed by atoms with Gasteiger partial charge in [0.2, 0.25) is 0 Å². The summed E-state index contributed by atoms with van der Waals surface area (Å²) < 4.78 is 5.37. The number of esters is 1. The Morgan fingerprint density at radius 2 is 1.87 bits per heavy atom. The highest BCUT2D eigenvalue weighted by Crippen LogP contribution is 2.25. The fraction of sp³-hybridized carbons (Fsp3) is 0.0909. The van der Waals surface area contributed by atoms with E-state index in [2.05, 4.69) is 5.32 Å². The molecule has 1 N–H and O–H groups in total. The number of hydrogen-bond donors (Lipinski definition) is 1. The summed E-state index contributed by atoms with van der Waals surface area (Å²) in [5.74, 6) is -1.22. The van der Waals surface area contributed by atoms with E-state index in [-0.39, 0.29) is 11.4 Å². The summed E-state index contributed by atoms with van der Waals surface area (Å²) in [7, 11) is 0. The summed E-state index contributed by atoms with van der Waals surface area (Å²) in [5.41, 5.74) is 1.26. The number of anilines is 1. The van der Waals surface area contributed by atoms with Crippen molar-refractivity contribution >= 4 is 46.2 Å². The number of thiophene rings is 1. The summed E-state index contributed by atoms with van der Waals surface area (Å²) in [6.45, 7) is 1.44. The van der Waals surface area contributed by atoms with Gasteiger partial charge in [0.05, 0.1) is 10.5 Å². The minimum absolute atomic E-state index is 0.150. The summed E-state index contributed by atoms with van der Waals surface area (Å²) in [6.07, 6.45) is 0.607. The van der Waals surface area contributed by atoms with Gasteiger partial charge in [-0.2, -0.15) is 0 Å². The molecule has 1 aromatic heterocycles. The first-order valence-electron chi connectivity index (χ1n) is 9.01. The molecule has 1 heterocycles. The Labute approximate surface area is 176 Å². The van der Waals surface area contributed by atoms with Crippen LogP contribution in [0.1, 0.15) is 17.4 Å². The molecule has 0 aliphatic rings. The summed E-state index contributed by atoms with van der Waals surface area (Å²) in [5, 5.41) is 15.2. The van der Waals surface area contributed by atoms with Gasteiger partial charge in [0, 0.05) is 22.7 Å². The molecule has 0 fully saturated rings. The van der Waals surface area contributed by atoms with E-state index in [9.17, 15) is 19.7 Å². The number of ether oxygens (including phenoxy) is 1. The van der Waals surface area contributed by atoms with Gasteiger partial charge in [-0.1, -0.05) is 42.5 Å². The Morgan fingerprint density at radius 1 is 1.10 bits per heavy atom. The number of amides is 1. The number of benzene rings is 2. The molecule has 0 aliphatic heterocycles. The topological polar surface area (TPSA) is 98.5 Å². The van der Waals surface area contributed by atoms with Crippen LogP contribution >= 0.6 is 11.3 Å². The van der Waals surface area contributed by atoms with Crippen molar-refractivity contribution in [3.05, 3.63) is 92.7 Å². The number of non-ortho nitro benzene ring substituents is 1. The molecule has 3 aromatic rings. The molecule has 1 amide bonds. The molecule has 152 valence electrons. The van der Waals surface area contributed by atoms with Crippen molar-refractivity contribution in [1.82, 2.24) is 0 Å². The Morgan fingerprint density at radius 3 is 2.53 bits per heavy atom. The van der Waals surface area contributed by atoms with Gasteiger partial charge in [-0.25, -0.2) is 4.79 Å². The second kappa shape index (κ2) is 9.62. The van der Waals surface area contributed by atoms with E-state index in [0.717, 1.165) is 10.4 Å². The number of nitrogens with one attached hydrogen (secondary N) is 1. The van der Waals surface area contributed by atoms with Crippen molar-refractivity contribution < 1.29 is 19.2 Å². The predicted molar refractivity (Wildman–Crippen MR) is 116 cm³/mol. The fourth-order valence-electron chi connectivity index (χ4n) is 2.60. The average Bonchev–Trinajstić information content (AvgIpc) is 3.27. The van der Waals surface area contributed by atoms with Crippen LogP contribution in [-0.2, 0) is 14.3 Å². The number of carbonyl (C=O) groups excluding carboxylic acids is 2. The quantitative estimate of drug-likeness (QED) is 0.256. The zero-order chi connectivity index (χ0) is 21.5. The van der Waals surface area contributed by atoms with Crippen LogP contribution in [0.5, 0.6) is 0 Å². The second-order valence-corrected chi connectivity index (χ2v) is 7.24. The first-order valence-corrected chi connectivity index (χ1v) is 9.89. The largest absolute Gasteiger partial charge is 0.449 e. The highest BCUT2D eigenvalue weighted by atomic mass is 32.1. The normalized spacial score (nSPS) is 12.1. The molecule has 0 aliphatic carbocycles. The Kier molecular flexibility index (Phi) is 6.71. The molecule has 0 radical (unpaired) electrons. The Bertz CT molecular complexity index is 1080. The molecule has 0 saturated heterocycles. The van der Waals surface area contributed by atoms with Crippen LogP contribution in [0.25, 0.3) is 11.6 Å². The smallest absolute Gasteiger partial charge is 0.340 e. The molecular weight excluding hydrogens is 404 g/mol. The molecule has 0 spiro atoms. The molecule has 0 saturated carbocycles. The third-order valence-electron chi connectivity index (χ3n) is 4.09. The van der Waals surface area contributed by atoms with Crippen molar-refractivity contribution in [3.63, 3.8) is 0 Å². The van der Waals surface area contributed by atoms with Gasteiger partial charge in [-0.15, -0.1) is 11.3 Å². The fourth-order valence-corrected chi connectivity index (χ4v) is 3.33. The Hall–Kier alpha value is -3.78. The standard InChI is InChI=1S/C22H18N2O5S/c1-15(21(25)23-17-9-5-10-18(14-17)24(27)28)29-22(26)19(20-11-6-12-30-20)13-16-7-3-2-4-8-16/h2-15H,1H3,(H,23,25). The van der Waals surface area contributed by atoms with Crippen LogP contribution in [0.3, 0.4) is 0 Å². The van der Waals surface area contributed by atoms with Crippen LogP contribution < -0.4 is 5.32 Å². The number of hydrogen-bond acceptors (Lipinski definition) is 6. The molecule has 7 nitrogen and oxygen atoms in total. The van der Waals surface area contributed by atoms with E-state index in [4.69, 9.17) is 4.74 Å². The maximum absolute atomic E-state index is 12.8. The Balaban J connectivity index is 1.74. The minimum atomic E-state index is -1.10. The maximum Gasteiger partial charge on any atom is 0.340 e. The third-order valence-corrected chi connectivity index (χ3v) is 5.00. The molecule has 1 unspecified atom stereocenters. The minimum Gasteiger partial charge on any atom is -0.449 e.